The van der Waals surface area contributed by atoms with E-state index in [1.165, 1.54) is 49.8 Å². The van der Waals surface area contributed by atoms with E-state index in [2.05, 4.69) is 48.7 Å². The van der Waals surface area contributed by atoms with Gasteiger partial charge >= 0.3 is 0 Å². The van der Waals surface area contributed by atoms with Gasteiger partial charge in [-0.2, -0.15) is 0 Å². The van der Waals surface area contributed by atoms with Gasteiger partial charge in [-0.15, -0.1) is 0 Å². The number of hydrogen-bond acceptors (Lipinski definition) is 2. The molecule has 1 aliphatic heterocycles. The van der Waals surface area contributed by atoms with Crippen LogP contribution in [-0.4, -0.2) is 18.6 Å². The molecule has 1 aromatic carbocycles. The van der Waals surface area contributed by atoms with Gasteiger partial charge in [0, 0.05) is 18.1 Å². The second-order valence-corrected chi connectivity index (χ2v) is 6.70. The molecule has 1 aliphatic carbocycles. The molecule has 2 heteroatoms. The Kier molecular flexibility index (Phi) is 4.42. The molecule has 3 unspecified atom stereocenters. The molecule has 110 valence electrons. The summed E-state index contributed by atoms with van der Waals surface area (Å²) in [6, 6.07) is 10.9. The highest BCUT2D eigenvalue weighted by Crippen LogP contribution is 2.33. The van der Waals surface area contributed by atoms with Crippen LogP contribution in [0, 0.1) is 12.8 Å². The van der Waals surface area contributed by atoms with Crippen molar-refractivity contribution in [1.29, 1.82) is 0 Å². The average molecular weight is 272 g/mol. The monoisotopic (exact) mass is 272 g/mol. The van der Waals surface area contributed by atoms with Crippen molar-refractivity contribution < 1.29 is 0 Å². The first-order valence-corrected chi connectivity index (χ1v) is 8.30. The summed E-state index contributed by atoms with van der Waals surface area (Å²) < 4.78 is 0. The highest BCUT2D eigenvalue weighted by atomic mass is 15.0. The molecule has 1 aromatic rings. The molecule has 20 heavy (non-hydrogen) atoms. The predicted octanol–water partition coefficient (Wildman–Crippen LogP) is 3.57. The Morgan fingerprint density at radius 1 is 1.10 bits per heavy atom. The van der Waals surface area contributed by atoms with Crippen LogP contribution in [0.25, 0.3) is 0 Å². The molecule has 1 heterocycles. The van der Waals surface area contributed by atoms with Gasteiger partial charge in [0.05, 0.1) is 0 Å². The van der Waals surface area contributed by atoms with E-state index in [0.29, 0.717) is 12.1 Å². The molecule has 1 saturated carbocycles. The lowest BCUT2D eigenvalue weighted by Crippen LogP contribution is -2.42. The Bertz CT molecular complexity index is 420. The van der Waals surface area contributed by atoms with Crippen LogP contribution in [-0.2, 0) is 0 Å². The molecule has 0 radical (unpaired) electrons. The van der Waals surface area contributed by atoms with E-state index in [9.17, 15) is 0 Å². The number of aryl methyl sites for hydroxylation is 1. The van der Waals surface area contributed by atoms with Gasteiger partial charge in [0.15, 0.2) is 0 Å². The van der Waals surface area contributed by atoms with E-state index in [1.54, 1.807) is 0 Å². The molecular weight excluding hydrogens is 244 g/mol. The third-order valence-electron chi connectivity index (χ3n) is 5.23. The molecule has 0 spiro atoms. The summed E-state index contributed by atoms with van der Waals surface area (Å²) in [4.78, 5) is 0. The van der Waals surface area contributed by atoms with Gasteiger partial charge in [-0.05, 0) is 57.6 Å². The molecule has 0 bridgehead atoms. The Labute approximate surface area is 123 Å². The zero-order chi connectivity index (χ0) is 13.9. The van der Waals surface area contributed by atoms with Gasteiger partial charge in [-0.25, -0.2) is 0 Å². The second-order valence-electron chi connectivity index (χ2n) is 6.70. The maximum Gasteiger partial charge on any atom is 0.0294 e. The first-order valence-electron chi connectivity index (χ1n) is 8.30. The molecule has 1 saturated heterocycles. The van der Waals surface area contributed by atoms with Crippen LogP contribution in [0.3, 0.4) is 0 Å². The van der Waals surface area contributed by atoms with Crippen LogP contribution >= 0.6 is 0 Å². The zero-order valence-corrected chi connectivity index (χ0v) is 12.9. The van der Waals surface area contributed by atoms with Gasteiger partial charge in [0.2, 0.25) is 0 Å². The first kappa shape index (κ1) is 14.1. The van der Waals surface area contributed by atoms with Crippen molar-refractivity contribution in [2.45, 2.75) is 64.1 Å². The Morgan fingerprint density at radius 2 is 1.90 bits per heavy atom. The lowest BCUT2D eigenvalue weighted by atomic mass is 9.92. The van der Waals surface area contributed by atoms with Crippen LogP contribution < -0.4 is 10.6 Å². The van der Waals surface area contributed by atoms with E-state index in [1.807, 2.05) is 0 Å². The maximum atomic E-state index is 3.90. The molecular formula is C18H28N2. The molecule has 2 aliphatic rings. The fourth-order valence-corrected chi connectivity index (χ4v) is 4.03. The fourth-order valence-electron chi connectivity index (χ4n) is 4.03. The summed E-state index contributed by atoms with van der Waals surface area (Å²) >= 11 is 0. The van der Waals surface area contributed by atoms with Crippen LogP contribution in [0.2, 0.25) is 0 Å². The van der Waals surface area contributed by atoms with Crippen molar-refractivity contribution in [2.75, 3.05) is 6.54 Å². The minimum absolute atomic E-state index is 0.461. The summed E-state index contributed by atoms with van der Waals surface area (Å²) in [6.07, 6.45) is 6.87. The Hall–Kier alpha value is -0.860. The zero-order valence-electron chi connectivity index (χ0n) is 12.9. The summed E-state index contributed by atoms with van der Waals surface area (Å²) in [7, 11) is 0. The van der Waals surface area contributed by atoms with Crippen LogP contribution in [0.4, 0.5) is 0 Å². The summed E-state index contributed by atoms with van der Waals surface area (Å²) in [6.45, 7) is 5.68. The molecule has 2 N–H and O–H groups in total. The predicted molar refractivity (Wildman–Crippen MR) is 84.9 cm³/mol. The highest BCUT2D eigenvalue weighted by molar-refractivity contribution is 5.23. The fraction of sp³-hybridized carbons (Fsp3) is 0.667. The topological polar surface area (TPSA) is 24.1 Å². The average Bonchev–Trinajstić information content (AvgIpc) is 3.09. The molecule has 0 aromatic heterocycles. The lowest BCUT2D eigenvalue weighted by Gasteiger charge is -2.29. The Balaban J connectivity index is 1.62. The normalized spacial score (nSPS) is 31.6. The van der Waals surface area contributed by atoms with Gasteiger partial charge in [0.25, 0.3) is 0 Å². The van der Waals surface area contributed by atoms with Gasteiger partial charge in [-0.1, -0.05) is 36.2 Å². The standard InChI is InChI=1S/C18H28N2/c1-13-8-10-15(11-9-13)14(2)20-18-6-3-5-16(18)17-7-4-12-19-17/h8-11,14,16-20H,3-7,12H2,1-2H3/t14-,16?,17?,18?/m1/s1. The van der Waals surface area contributed by atoms with E-state index >= 15 is 0 Å². The third-order valence-corrected chi connectivity index (χ3v) is 5.23. The molecule has 2 fully saturated rings. The van der Waals surface area contributed by atoms with Crippen molar-refractivity contribution in [3.8, 4) is 0 Å². The summed E-state index contributed by atoms with van der Waals surface area (Å²) in [5, 5.41) is 7.61. The number of benzene rings is 1. The molecule has 4 atom stereocenters. The van der Waals surface area contributed by atoms with Crippen molar-refractivity contribution in [2.24, 2.45) is 5.92 Å². The van der Waals surface area contributed by atoms with Gasteiger partial charge < -0.3 is 10.6 Å². The first-order chi connectivity index (χ1) is 9.74. The largest absolute Gasteiger partial charge is 0.314 e. The second kappa shape index (κ2) is 6.28. The van der Waals surface area contributed by atoms with Gasteiger partial charge in [-0.3, -0.25) is 0 Å². The maximum absolute atomic E-state index is 3.90. The van der Waals surface area contributed by atoms with Crippen molar-refractivity contribution in [3.05, 3.63) is 35.4 Å². The summed E-state index contributed by atoms with van der Waals surface area (Å²) in [5.74, 6) is 0.838. The number of hydrogen-bond donors (Lipinski definition) is 2. The van der Waals surface area contributed by atoms with Crippen molar-refractivity contribution in [3.63, 3.8) is 0 Å². The number of rotatable bonds is 4. The molecule has 3 rings (SSSR count). The van der Waals surface area contributed by atoms with Gasteiger partial charge in [0.1, 0.15) is 0 Å². The SMILES string of the molecule is Cc1ccc([C@@H](C)NC2CCCC2C2CCCN2)cc1. The van der Waals surface area contributed by atoms with Crippen LogP contribution in [0.5, 0.6) is 0 Å². The minimum Gasteiger partial charge on any atom is -0.314 e. The molecule has 2 nitrogen and oxygen atoms in total. The third kappa shape index (κ3) is 3.07. The van der Waals surface area contributed by atoms with Crippen LogP contribution in [0.1, 0.15) is 56.2 Å². The van der Waals surface area contributed by atoms with Crippen molar-refractivity contribution >= 4 is 0 Å². The van der Waals surface area contributed by atoms with Crippen molar-refractivity contribution in [1.82, 2.24) is 10.6 Å². The van der Waals surface area contributed by atoms with E-state index in [-0.39, 0.29) is 0 Å². The minimum atomic E-state index is 0.461. The Morgan fingerprint density at radius 3 is 2.60 bits per heavy atom. The van der Waals surface area contributed by atoms with Crippen LogP contribution in [0.15, 0.2) is 24.3 Å². The highest BCUT2D eigenvalue weighted by Gasteiger charge is 2.35. The smallest absolute Gasteiger partial charge is 0.0294 e. The van der Waals surface area contributed by atoms with E-state index < -0.39 is 0 Å². The quantitative estimate of drug-likeness (QED) is 0.875. The van der Waals surface area contributed by atoms with E-state index in [4.69, 9.17) is 0 Å². The molecule has 0 amide bonds. The lowest BCUT2D eigenvalue weighted by molar-refractivity contribution is 0.303. The number of nitrogens with one attached hydrogen (secondary N) is 2. The van der Waals surface area contributed by atoms with E-state index in [0.717, 1.165) is 12.0 Å². The summed E-state index contributed by atoms with van der Waals surface area (Å²) in [5.41, 5.74) is 2.76.